The van der Waals surface area contributed by atoms with E-state index >= 15 is 0 Å². The van der Waals surface area contributed by atoms with Crippen LogP contribution in [-0.4, -0.2) is 36.9 Å². The minimum atomic E-state index is -0.677. The Hall–Kier alpha value is -1.86. The number of carbonyl (C=O) groups excluding carboxylic acids is 3. The van der Waals surface area contributed by atoms with E-state index in [-0.39, 0.29) is 12.0 Å². The lowest BCUT2D eigenvalue weighted by molar-refractivity contribution is 0.183. The quantitative estimate of drug-likeness (QED) is 0.509. The van der Waals surface area contributed by atoms with Gasteiger partial charge in [-0.25, -0.2) is 24.4 Å². The van der Waals surface area contributed by atoms with Crippen molar-refractivity contribution < 1.29 is 14.4 Å². The topological polar surface area (TPSA) is 88.3 Å². The maximum Gasteiger partial charge on any atom is 0.235 e. The SMILES string of the molecule is CC(CN=C=O)(CC12CCC(C1)C(CCN=C=O)C2)N=C=O. The molecule has 0 aliphatic heterocycles. The number of rotatable bonds is 8. The van der Waals surface area contributed by atoms with Crippen LogP contribution in [0.4, 0.5) is 0 Å². The number of nitrogens with zero attached hydrogens (tertiary/aromatic N) is 3. The zero-order valence-electron chi connectivity index (χ0n) is 12.9. The first-order chi connectivity index (χ1) is 10.6. The fourth-order valence-electron chi connectivity index (χ4n) is 4.66. The second-order valence-corrected chi connectivity index (χ2v) is 7.01. The first kappa shape index (κ1) is 16.5. The van der Waals surface area contributed by atoms with E-state index in [4.69, 9.17) is 0 Å². The van der Waals surface area contributed by atoms with Gasteiger partial charge >= 0.3 is 0 Å². The molecule has 6 nitrogen and oxygen atoms in total. The van der Waals surface area contributed by atoms with Gasteiger partial charge in [-0.2, -0.15) is 4.99 Å². The molecule has 0 aromatic heterocycles. The third kappa shape index (κ3) is 3.66. The highest BCUT2D eigenvalue weighted by molar-refractivity contribution is 5.36. The van der Waals surface area contributed by atoms with Crippen molar-refractivity contribution in [3.05, 3.63) is 0 Å². The third-order valence-electron chi connectivity index (χ3n) is 5.33. The number of isocyanates is 3. The maximum atomic E-state index is 10.7. The van der Waals surface area contributed by atoms with Crippen molar-refractivity contribution in [1.82, 2.24) is 0 Å². The Balaban J connectivity index is 2.06. The van der Waals surface area contributed by atoms with Gasteiger partial charge in [-0.15, -0.1) is 0 Å². The smallest absolute Gasteiger partial charge is 0.211 e. The van der Waals surface area contributed by atoms with Crippen LogP contribution in [0.5, 0.6) is 0 Å². The van der Waals surface area contributed by atoms with Crippen LogP contribution in [0.15, 0.2) is 15.0 Å². The summed E-state index contributed by atoms with van der Waals surface area (Å²) in [5.41, 5.74) is -0.516. The maximum absolute atomic E-state index is 10.7. The summed E-state index contributed by atoms with van der Waals surface area (Å²) in [6, 6.07) is 0. The van der Waals surface area contributed by atoms with Gasteiger partial charge in [-0.1, -0.05) is 0 Å². The van der Waals surface area contributed by atoms with E-state index in [1.807, 2.05) is 6.92 Å². The Labute approximate surface area is 129 Å². The second kappa shape index (κ2) is 6.93. The minimum Gasteiger partial charge on any atom is -0.211 e. The molecule has 22 heavy (non-hydrogen) atoms. The third-order valence-corrected chi connectivity index (χ3v) is 5.33. The fraction of sp³-hybridized carbons (Fsp3) is 0.812. The molecule has 4 unspecified atom stereocenters. The van der Waals surface area contributed by atoms with Crippen LogP contribution in [0.1, 0.15) is 45.4 Å². The minimum absolute atomic E-state index is 0.160. The van der Waals surface area contributed by atoms with Gasteiger partial charge < -0.3 is 0 Å². The molecule has 0 radical (unpaired) electrons. The highest BCUT2D eigenvalue weighted by Gasteiger charge is 2.52. The molecule has 4 atom stereocenters. The van der Waals surface area contributed by atoms with E-state index in [9.17, 15) is 14.4 Å². The molecule has 0 aromatic carbocycles. The highest BCUT2D eigenvalue weighted by Crippen LogP contribution is 2.61. The van der Waals surface area contributed by atoms with Gasteiger partial charge in [0.25, 0.3) is 0 Å². The molecule has 2 bridgehead atoms. The lowest BCUT2D eigenvalue weighted by atomic mass is 9.72. The second-order valence-electron chi connectivity index (χ2n) is 7.01. The van der Waals surface area contributed by atoms with Crippen LogP contribution in [0.25, 0.3) is 0 Å². The highest BCUT2D eigenvalue weighted by atomic mass is 16.1. The van der Waals surface area contributed by atoms with E-state index < -0.39 is 5.54 Å². The monoisotopic (exact) mass is 303 g/mol. The standard InChI is InChI=1S/C16H21N3O3/c1-15(19-12-22,9-18-11-21)8-16-4-2-13(6-16)14(7-16)3-5-17-10-20/h13-14H,2-9H2,1H3. The van der Waals surface area contributed by atoms with Crippen LogP contribution in [0, 0.1) is 17.3 Å². The van der Waals surface area contributed by atoms with Crippen molar-refractivity contribution in [2.75, 3.05) is 13.1 Å². The van der Waals surface area contributed by atoms with Crippen LogP contribution >= 0.6 is 0 Å². The molecule has 6 heteroatoms. The molecule has 0 N–H and O–H groups in total. The summed E-state index contributed by atoms with van der Waals surface area (Å²) in [6.07, 6.45) is 10.9. The largest absolute Gasteiger partial charge is 0.235 e. The van der Waals surface area contributed by atoms with Crippen LogP contribution < -0.4 is 0 Å². The van der Waals surface area contributed by atoms with Gasteiger partial charge in [-0.05, 0) is 62.7 Å². The predicted molar refractivity (Wildman–Crippen MR) is 79.6 cm³/mol. The van der Waals surface area contributed by atoms with Crippen molar-refractivity contribution in [2.45, 2.75) is 51.0 Å². The van der Waals surface area contributed by atoms with Crippen LogP contribution in [0.3, 0.4) is 0 Å². The number of fused-ring (bicyclic) bond motifs is 2. The van der Waals surface area contributed by atoms with Crippen LogP contribution in [-0.2, 0) is 14.4 Å². The molecule has 0 heterocycles. The van der Waals surface area contributed by atoms with Crippen molar-refractivity contribution in [3.8, 4) is 0 Å². The summed E-state index contributed by atoms with van der Waals surface area (Å²) >= 11 is 0. The molecule has 2 rings (SSSR count). The average molecular weight is 303 g/mol. The van der Waals surface area contributed by atoms with E-state index in [0.717, 1.165) is 32.1 Å². The Kier molecular flexibility index (Phi) is 5.20. The Morgan fingerprint density at radius 3 is 2.59 bits per heavy atom. The van der Waals surface area contributed by atoms with Gasteiger partial charge in [0.1, 0.15) is 0 Å². The Morgan fingerprint density at radius 1 is 1.14 bits per heavy atom. The lowest BCUT2D eigenvalue weighted by Gasteiger charge is -2.35. The number of aliphatic imine (C=N–C) groups is 3. The van der Waals surface area contributed by atoms with E-state index in [0.29, 0.717) is 18.4 Å². The van der Waals surface area contributed by atoms with Gasteiger partial charge in [-0.3, -0.25) is 0 Å². The summed E-state index contributed by atoms with van der Waals surface area (Å²) in [4.78, 5) is 42.5. The first-order valence-corrected chi connectivity index (χ1v) is 7.73. The average Bonchev–Trinajstić information content (AvgIpc) is 3.03. The first-order valence-electron chi connectivity index (χ1n) is 7.73. The molecule has 0 aromatic rings. The zero-order valence-corrected chi connectivity index (χ0v) is 12.9. The number of hydrogen-bond acceptors (Lipinski definition) is 6. The molecule has 2 fully saturated rings. The van der Waals surface area contributed by atoms with Crippen molar-refractivity contribution in [3.63, 3.8) is 0 Å². The zero-order chi connectivity index (χ0) is 16.1. The predicted octanol–water partition coefficient (Wildman–Crippen LogP) is 2.34. The molecule has 118 valence electrons. The van der Waals surface area contributed by atoms with Gasteiger partial charge in [0.05, 0.1) is 18.6 Å². The lowest BCUT2D eigenvalue weighted by Crippen LogP contribution is -2.34. The van der Waals surface area contributed by atoms with Crippen LogP contribution in [0.2, 0.25) is 0 Å². The van der Waals surface area contributed by atoms with E-state index in [1.54, 1.807) is 12.2 Å². The molecular formula is C16H21N3O3. The fourth-order valence-corrected chi connectivity index (χ4v) is 4.66. The Bertz CT molecular complexity index is 559. The van der Waals surface area contributed by atoms with Gasteiger partial charge in [0.2, 0.25) is 18.2 Å². The summed E-state index contributed by atoms with van der Waals surface area (Å²) in [5.74, 6) is 1.24. The summed E-state index contributed by atoms with van der Waals surface area (Å²) in [7, 11) is 0. The molecule has 2 aliphatic rings. The Morgan fingerprint density at radius 2 is 1.91 bits per heavy atom. The molecule has 2 saturated carbocycles. The summed E-state index contributed by atoms with van der Waals surface area (Å²) < 4.78 is 0. The van der Waals surface area contributed by atoms with E-state index in [1.165, 1.54) is 12.5 Å². The summed E-state index contributed by atoms with van der Waals surface area (Å²) in [6.45, 7) is 2.57. The molecule has 0 amide bonds. The van der Waals surface area contributed by atoms with Crippen molar-refractivity contribution in [2.24, 2.45) is 32.2 Å². The normalized spacial score (nSPS) is 31.5. The van der Waals surface area contributed by atoms with E-state index in [2.05, 4.69) is 15.0 Å². The summed E-state index contributed by atoms with van der Waals surface area (Å²) in [5, 5.41) is 0. The van der Waals surface area contributed by atoms with Gasteiger partial charge in [0, 0.05) is 0 Å². The van der Waals surface area contributed by atoms with Crippen molar-refractivity contribution in [1.29, 1.82) is 0 Å². The van der Waals surface area contributed by atoms with Gasteiger partial charge in [0.15, 0.2) is 0 Å². The number of hydrogen-bond donors (Lipinski definition) is 0. The molecule has 0 spiro atoms. The molecule has 2 aliphatic carbocycles. The molecule has 0 saturated heterocycles. The van der Waals surface area contributed by atoms with Crippen molar-refractivity contribution >= 4 is 18.2 Å². The molecular weight excluding hydrogens is 282 g/mol.